The Labute approximate surface area is 167 Å². The predicted molar refractivity (Wildman–Crippen MR) is 108 cm³/mol. The number of ether oxygens (including phenoxy) is 1. The first-order valence-electron chi connectivity index (χ1n) is 9.00. The molecule has 2 heterocycles. The fraction of sp³-hybridized carbons (Fsp3) is 0.136. The normalized spacial score (nSPS) is 10.7. The smallest absolute Gasteiger partial charge is 0.311 e. The lowest BCUT2D eigenvalue weighted by Crippen LogP contribution is -2.08. The lowest BCUT2D eigenvalue weighted by Gasteiger charge is -2.11. The molecule has 0 unspecified atom stereocenters. The van der Waals surface area contributed by atoms with Crippen LogP contribution in [-0.4, -0.2) is 25.5 Å². The summed E-state index contributed by atoms with van der Waals surface area (Å²) in [5.74, 6) is -0.112. The van der Waals surface area contributed by atoms with Gasteiger partial charge in [0.25, 0.3) is 0 Å². The van der Waals surface area contributed by atoms with Crippen molar-refractivity contribution in [2.45, 2.75) is 20.8 Å². The number of hydrogen-bond acceptors (Lipinski definition) is 6. The Bertz CT molecular complexity index is 1280. The van der Waals surface area contributed by atoms with Crippen molar-refractivity contribution in [3.63, 3.8) is 0 Å². The van der Waals surface area contributed by atoms with Gasteiger partial charge in [-0.2, -0.15) is 10.2 Å². The summed E-state index contributed by atoms with van der Waals surface area (Å²) in [6.45, 7) is 5.23. The second-order valence-electron chi connectivity index (χ2n) is 6.66. The highest BCUT2D eigenvalue weighted by Gasteiger charge is 2.22. The third-order valence-electron chi connectivity index (χ3n) is 4.48. The van der Waals surface area contributed by atoms with Crippen LogP contribution in [-0.2, 0) is 4.79 Å². The second-order valence-corrected chi connectivity index (χ2v) is 6.66. The summed E-state index contributed by atoms with van der Waals surface area (Å²) in [5.41, 5.74) is 4.38. The molecule has 7 heteroatoms. The zero-order valence-corrected chi connectivity index (χ0v) is 16.2. The molecule has 0 aliphatic heterocycles. The topological polar surface area (TPSA) is 93.7 Å². The number of hydrogen-bond donors (Lipinski definition) is 0. The van der Waals surface area contributed by atoms with E-state index < -0.39 is 5.97 Å². The molecule has 7 nitrogen and oxygen atoms in total. The molecule has 4 aromatic rings. The van der Waals surface area contributed by atoms with Crippen LogP contribution < -0.4 is 4.74 Å². The molecular formula is C22H17N5O2. The highest BCUT2D eigenvalue weighted by atomic mass is 16.5. The van der Waals surface area contributed by atoms with Crippen LogP contribution in [0.1, 0.15) is 23.7 Å². The summed E-state index contributed by atoms with van der Waals surface area (Å²) < 4.78 is 6.98. The fourth-order valence-electron chi connectivity index (χ4n) is 3.08. The Kier molecular flexibility index (Phi) is 4.53. The van der Waals surface area contributed by atoms with Crippen LogP contribution in [0.15, 0.2) is 48.5 Å². The van der Waals surface area contributed by atoms with E-state index in [0.717, 1.165) is 22.4 Å². The minimum Gasteiger partial charge on any atom is -0.392 e. The molecule has 0 amide bonds. The number of carbonyl (C=O) groups excluding carboxylic acids is 1. The molecule has 142 valence electrons. The van der Waals surface area contributed by atoms with Gasteiger partial charge in [0.15, 0.2) is 17.2 Å². The number of aromatic nitrogens is 4. The number of fused-ring (bicyclic) bond motifs is 1. The molecule has 0 saturated heterocycles. The van der Waals surface area contributed by atoms with Crippen LogP contribution in [0.3, 0.4) is 0 Å². The van der Waals surface area contributed by atoms with E-state index in [1.807, 2.05) is 62.4 Å². The highest BCUT2D eigenvalue weighted by Crippen LogP contribution is 2.30. The molecule has 0 aliphatic rings. The van der Waals surface area contributed by atoms with E-state index in [2.05, 4.69) is 21.0 Å². The van der Waals surface area contributed by atoms with Gasteiger partial charge < -0.3 is 4.74 Å². The van der Waals surface area contributed by atoms with E-state index >= 15 is 0 Å². The molecule has 0 bridgehead atoms. The minimum absolute atomic E-state index is 0.0497. The number of nitrogens with zero attached hydrogens (tertiary/aromatic N) is 5. The van der Waals surface area contributed by atoms with Gasteiger partial charge in [-0.15, -0.1) is 0 Å². The summed E-state index contributed by atoms with van der Waals surface area (Å²) in [7, 11) is 0. The van der Waals surface area contributed by atoms with E-state index in [4.69, 9.17) is 4.74 Å². The number of rotatable bonds is 3. The van der Waals surface area contributed by atoms with Crippen molar-refractivity contribution in [1.29, 1.82) is 5.26 Å². The number of imidazole rings is 1. The first-order valence-corrected chi connectivity index (χ1v) is 9.00. The predicted octanol–water partition coefficient (Wildman–Crippen LogP) is 3.90. The summed E-state index contributed by atoms with van der Waals surface area (Å²) in [5, 5.41) is 9.66. The molecule has 0 saturated carbocycles. The molecule has 0 fully saturated rings. The van der Waals surface area contributed by atoms with Crippen LogP contribution in [0, 0.1) is 25.2 Å². The van der Waals surface area contributed by atoms with E-state index in [-0.39, 0.29) is 17.2 Å². The quantitative estimate of drug-likeness (QED) is 0.498. The zero-order valence-electron chi connectivity index (χ0n) is 16.2. The van der Waals surface area contributed by atoms with Gasteiger partial charge in [0.2, 0.25) is 0 Å². The van der Waals surface area contributed by atoms with Crippen molar-refractivity contribution in [1.82, 2.24) is 19.5 Å². The van der Waals surface area contributed by atoms with Gasteiger partial charge in [0, 0.05) is 12.5 Å². The third kappa shape index (κ3) is 3.32. The van der Waals surface area contributed by atoms with Crippen molar-refractivity contribution in [3.8, 4) is 29.2 Å². The van der Waals surface area contributed by atoms with E-state index in [0.29, 0.717) is 11.5 Å². The largest absolute Gasteiger partial charge is 0.392 e. The Balaban J connectivity index is 2.06. The van der Waals surface area contributed by atoms with Crippen molar-refractivity contribution in [2.75, 3.05) is 0 Å². The standard InChI is InChI=1S/C22H17N5O2/c1-13-8-10-16(11-9-13)20-24-17(12-23)19-21(26-20)27(22(25-19)29-15(3)28)18-7-5-4-6-14(18)2/h4-11H,1-3H3. The van der Waals surface area contributed by atoms with E-state index in [1.165, 1.54) is 6.92 Å². The number of carbonyl (C=O) groups is 1. The Morgan fingerprint density at radius 2 is 1.76 bits per heavy atom. The van der Waals surface area contributed by atoms with E-state index in [1.54, 1.807) is 4.57 Å². The van der Waals surface area contributed by atoms with Crippen molar-refractivity contribution < 1.29 is 9.53 Å². The summed E-state index contributed by atoms with van der Waals surface area (Å²) in [4.78, 5) is 25.1. The van der Waals surface area contributed by atoms with Gasteiger partial charge in [0.05, 0.1) is 5.69 Å². The number of aryl methyl sites for hydroxylation is 2. The van der Waals surface area contributed by atoms with Gasteiger partial charge in [-0.1, -0.05) is 48.0 Å². The summed E-state index contributed by atoms with van der Waals surface area (Å²) in [6.07, 6.45) is 0. The van der Waals surface area contributed by atoms with Crippen LogP contribution in [0.2, 0.25) is 0 Å². The van der Waals surface area contributed by atoms with Crippen LogP contribution >= 0.6 is 0 Å². The van der Waals surface area contributed by atoms with Crippen LogP contribution in [0.4, 0.5) is 0 Å². The summed E-state index contributed by atoms with van der Waals surface area (Å²) in [6, 6.07) is 17.5. The Morgan fingerprint density at radius 1 is 1.03 bits per heavy atom. The molecule has 2 aromatic heterocycles. The first-order chi connectivity index (χ1) is 14.0. The fourth-order valence-corrected chi connectivity index (χ4v) is 3.08. The molecule has 29 heavy (non-hydrogen) atoms. The molecule has 0 N–H and O–H groups in total. The Morgan fingerprint density at radius 3 is 2.41 bits per heavy atom. The molecule has 0 aliphatic carbocycles. The average Bonchev–Trinajstić information content (AvgIpc) is 3.05. The van der Waals surface area contributed by atoms with Gasteiger partial charge in [-0.05, 0) is 25.5 Å². The Hall–Kier alpha value is -4.05. The second kappa shape index (κ2) is 7.17. The average molecular weight is 383 g/mol. The van der Waals surface area contributed by atoms with Crippen molar-refractivity contribution in [3.05, 3.63) is 65.4 Å². The summed E-state index contributed by atoms with van der Waals surface area (Å²) >= 11 is 0. The lowest BCUT2D eigenvalue weighted by molar-refractivity contribution is -0.132. The SMILES string of the molecule is CC(=O)Oc1nc2c(C#N)nc(-c3ccc(C)cc3)nc2n1-c1ccccc1C. The highest BCUT2D eigenvalue weighted by molar-refractivity contribution is 5.83. The first kappa shape index (κ1) is 18.3. The molecule has 0 spiro atoms. The molecule has 2 aromatic carbocycles. The molecule has 0 radical (unpaired) electrons. The molecule has 0 atom stereocenters. The van der Waals surface area contributed by atoms with Crippen molar-refractivity contribution >= 4 is 17.1 Å². The van der Waals surface area contributed by atoms with Crippen molar-refractivity contribution in [2.24, 2.45) is 0 Å². The van der Waals surface area contributed by atoms with Gasteiger partial charge in [0.1, 0.15) is 11.6 Å². The zero-order chi connectivity index (χ0) is 20.5. The number of benzene rings is 2. The van der Waals surface area contributed by atoms with E-state index in [9.17, 15) is 10.1 Å². The van der Waals surface area contributed by atoms with Gasteiger partial charge in [-0.25, -0.2) is 14.5 Å². The molecule has 4 rings (SSSR count). The maximum atomic E-state index is 11.7. The maximum absolute atomic E-state index is 11.7. The monoisotopic (exact) mass is 383 g/mol. The van der Waals surface area contributed by atoms with Crippen LogP contribution in [0.5, 0.6) is 6.01 Å². The number of para-hydroxylation sites is 1. The lowest BCUT2D eigenvalue weighted by atomic mass is 10.1. The number of nitriles is 1. The van der Waals surface area contributed by atoms with Gasteiger partial charge in [-0.3, -0.25) is 4.79 Å². The van der Waals surface area contributed by atoms with Gasteiger partial charge >= 0.3 is 12.0 Å². The molecular weight excluding hydrogens is 366 g/mol. The maximum Gasteiger partial charge on any atom is 0.311 e. The van der Waals surface area contributed by atoms with Crippen LogP contribution in [0.25, 0.3) is 28.2 Å². The number of esters is 1. The minimum atomic E-state index is -0.514. The third-order valence-corrected chi connectivity index (χ3v) is 4.48.